The molecule has 0 radical (unpaired) electrons. The molecule has 1 aliphatic heterocycles. The third-order valence-corrected chi connectivity index (χ3v) is 5.32. The summed E-state index contributed by atoms with van der Waals surface area (Å²) in [7, 11) is 1.64. The van der Waals surface area contributed by atoms with Gasteiger partial charge in [-0.3, -0.25) is 0 Å². The summed E-state index contributed by atoms with van der Waals surface area (Å²) < 4.78 is 11.7. The normalized spacial score (nSPS) is 16.0. The van der Waals surface area contributed by atoms with E-state index in [9.17, 15) is 4.79 Å². The monoisotopic (exact) mass is 361 g/mol. The van der Waals surface area contributed by atoms with Gasteiger partial charge in [0.15, 0.2) is 0 Å². The topological polar surface area (TPSA) is 47.6 Å². The predicted molar refractivity (Wildman–Crippen MR) is 106 cm³/mol. The number of hydrogen-bond donors (Lipinski definition) is 1. The largest absolute Gasteiger partial charge is 0.496 e. The molecule has 138 valence electrons. The number of ether oxygens (including phenoxy) is 2. The summed E-state index contributed by atoms with van der Waals surface area (Å²) in [5.74, 6) is 0.460. The van der Waals surface area contributed by atoms with Gasteiger partial charge in [-0.1, -0.05) is 54.6 Å². The van der Waals surface area contributed by atoms with Gasteiger partial charge in [-0.15, -0.1) is 0 Å². The third kappa shape index (κ3) is 3.28. The van der Waals surface area contributed by atoms with Crippen LogP contribution < -0.4 is 10.1 Å². The lowest BCUT2D eigenvalue weighted by molar-refractivity contribution is -0.0376. The van der Waals surface area contributed by atoms with Crippen LogP contribution >= 0.6 is 0 Å². The van der Waals surface area contributed by atoms with Crippen molar-refractivity contribution in [3.8, 4) is 5.75 Å². The van der Waals surface area contributed by atoms with E-state index in [0.717, 1.165) is 48.0 Å². The average molecular weight is 361 g/mol. The van der Waals surface area contributed by atoms with Crippen molar-refractivity contribution in [2.45, 2.75) is 18.4 Å². The van der Waals surface area contributed by atoms with Crippen LogP contribution in [0.4, 0.5) is 0 Å². The fourth-order valence-electron chi connectivity index (χ4n) is 3.88. The zero-order valence-corrected chi connectivity index (χ0v) is 15.4. The van der Waals surface area contributed by atoms with Crippen LogP contribution in [0.1, 0.15) is 28.8 Å². The minimum Gasteiger partial charge on any atom is -0.496 e. The molecule has 1 aliphatic rings. The van der Waals surface area contributed by atoms with Crippen molar-refractivity contribution >= 4 is 16.7 Å². The highest BCUT2D eigenvalue weighted by molar-refractivity contribution is 6.06. The second-order valence-electron chi connectivity index (χ2n) is 6.86. The van der Waals surface area contributed by atoms with Gasteiger partial charge in [-0.2, -0.15) is 0 Å². The molecule has 0 unspecified atom stereocenters. The van der Waals surface area contributed by atoms with Gasteiger partial charge in [0, 0.05) is 18.2 Å². The highest BCUT2D eigenvalue weighted by atomic mass is 16.6. The Hall–Kier alpha value is -2.85. The number of nitrogens with one attached hydrogen (secondary N) is 1. The molecular formula is C23H23NO3. The standard InChI is InChI=1S/C23H23NO3/c1-26-21-12-11-20(18-9-5-6-10-19(18)21)22(25)27-23(13-15-24-16-14-23)17-7-3-2-4-8-17/h2-12,24H,13-16H2,1H3. The molecule has 0 spiro atoms. The summed E-state index contributed by atoms with van der Waals surface area (Å²) in [6, 6.07) is 21.5. The first-order valence-electron chi connectivity index (χ1n) is 9.29. The first-order valence-corrected chi connectivity index (χ1v) is 9.29. The number of benzene rings is 3. The summed E-state index contributed by atoms with van der Waals surface area (Å²) >= 11 is 0. The van der Waals surface area contributed by atoms with E-state index in [-0.39, 0.29) is 5.97 Å². The molecule has 1 heterocycles. The molecular weight excluding hydrogens is 338 g/mol. The average Bonchev–Trinajstić information content (AvgIpc) is 2.74. The van der Waals surface area contributed by atoms with E-state index in [4.69, 9.17) is 9.47 Å². The summed E-state index contributed by atoms with van der Waals surface area (Å²) in [5, 5.41) is 5.12. The van der Waals surface area contributed by atoms with Gasteiger partial charge >= 0.3 is 5.97 Å². The molecule has 0 atom stereocenters. The van der Waals surface area contributed by atoms with Crippen LogP contribution in [-0.2, 0) is 10.3 Å². The number of rotatable bonds is 4. The third-order valence-electron chi connectivity index (χ3n) is 5.32. The SMILES string of the molecule is COc1ccc(C(=O)OC2(c3ccccc3)CCNCC2)c2ccccc12. The Morgan fingerprint density at radius 3 is 2.26 bits per heavy atom. The van der Waals surface area contributed by atoms with E-state index in [1.165, 1.54) is 0 Å². The number of methoxy groups -OCH3 is 1. The number of carbonyl (C=O) groups excluding carboxylic acids is 1. The molecule has 0 aromatic heterocycles. The van der Waals surface area contributed by atoms with Crippen LogP contribution in [0.25, 0.3) is 10.8 Å². The molecule has 0 amide bonds. The van der Waals surface area contributed by atoms with Crippen molar-refractivity contribution in [2.75, 3.05) is 20.2 Å². The van der Waals surface area contributed by atoms with E-state index in [1.807, 2.05) is 60.7 Å². The highest BCUT2D eigenvalue weighted by Crippen LogP contribution is 2.37. The molecule has 4 heteroatoms. The maximum absolute atomic E-state index is 13.2. The van der Waals surface area contributed by atoms with E-state index >= 15 is 0 Å². The molecule has 0 saturated carbocycles. The molecule has 1 fully saturated rings. The number of fused-ring (bicyclic) bond motifs is 1. The maximum Gasteiger partial charge on any atom is 0.339 e. The lowest BCUT2D eigenvalue weighted by Gasteiger charge is -2.37. The van der Waals surface area contributed by atoms with Crippen LogP contribution in [-0.4, -0.2) is 26.2 Å². The molecule has 0 bridgehead atoms. The van der Waals surface area contributed by atoms with E-state index < -0.39 is 5.60 Å². The second kappa shape index (κ2) is 7.41. The maximum atomic E-state index is 13.2. The number of hydrogen-bond acceptors (Lipinski definition) is 4. The Morgan fingerprint density at radius 2 is 1.56 bits per heavy atom. The van der Waals surface area contributed by atoms with Crippen molar-refractivity contribution in [1.82, 2.24) is 5.32 Å². The summed E-state index contributed by atoms with van der Waals surface area (Å²) in [6.45, 7) is 1.65. The fourth-order valence-corrected chi connectivity index (χ4v) is 3.88. The minimum atomic E-state index is -0.593. The summed E-state index contributed by atoms with van der Waals surface area (Å²) in [6.07, 6.45) is 1.52. The Labute approximate surface area is 159 Å². The van der Waals surface area contributed by atoms with Crippen LogP contribution in [0.5, 0.6) is 5.75 Å². The fraction of sp³-hybridized carbons (Fsp3) is 0.261. The smallest absolute Gasteiger partial charge is 0.339 e. The van der Waals surface area contributed by atoms with Crippen molar-refractivity contribution in [3.63, 3.8) is 0 Å². The Balaban J connectivity index is 1.73. The van der Waals surface area contributed by atoms with Crippen molar-refractivity contribution in [1.29, 1.82) is 0 Å². The van der Waals surface area contributed by atoms with Crippen LogP contribution in [0.15, 0.2) is 66.7 Å². The number of carbonyl (C=O) groups is 1. The number of esters is 1. The minimum absolute atomic E-state index is 0.292. The molecule has 4 rings (SSSR count). The van der Waals surface area contributed by atoms with Gasteiger partial charge in [-0.05, 0) is 36.2 Å². The molecule has 3 aromatic carbocycles. The zero-order valence-electron chi connectivity index (χ0n) is 15.4. The predicted octanol–water partition coefficient (Wildman–Crippen LogP) is 4.28. The Kier molecular flexibility index (Phi) is 4.82. The van der Waals surface area contributed by atoms with Gasteiger partial charge in [0.25, 0.3) is 0 Å². The quantitative estimate of drug-likeness (QED) is 0.705. The lowest BCUT2D eigenvalue weighted by atomic mass is 9.84. The summed E-state index contributed by atoms with van der Waals surface area (Å²) in [5.41, 5.74) is 1.03. The molecule has 4 nitrogen and oxygen atoms in total. The van der Waals surface area contributed by atoms with Crippen molar-refractivity contribution in [3.05, 3.63) is 77.9 Å². The Morgan fingerprint density at radius 1 is 0.889 bits per heavy atom. The molecule has 27 heavy (non-hydrogen) atoms. The van der Waals surface area contributed by atoms with Crippen LogP contribution in [0.3, 0.4) is 0 Å². The van der Waals surface area contributed by atoms with Gasteiger partial charge in [0.2, 0.25) is 0 Å². The number of piperidine rings is 1. The molecule has 1 saturated heterocycles. The van der Waals surface area contributed by atoms with Gasteiger partial charge in [0.05, 0.1) is 12.7 Å². The first kappa shape index (κ1) is 17.6. The van der Waals surface area contributed by atoms with E-state index in [2.05, 4.69) is 5.32 Å². The van der Waals surface area contributed by atoms with Crippen molar-refractivity contribution in [2.24, 2.45) is 0 Å². The molecule has 0 aliphatic carbocycles. The highest BCUT2D eigenvalue weighted by Gasteiger charge is 2.38. The summed E-state index contributed by atoms with van der Waals surface area (Å²) in [4.78, 5) is 13.2. The van der Waals surface area contributed by atoms with E-state index in [0.29, 0.717) is 5.56 Å². The van der Waals surface area contributed by atoms with Gasteiger partial charge < -0.3 is 14.8 Å². The molecule has 3 aromatic rings. The first-order chi connectivity index (χ1) is 13.2. The van der Waals surface area contributed by atoms with Gasteiger partial charge in [0.1, 0.15) is 11.4 Å². The Bertz CT molecular complexity index is 946. The van der Waals surface area contributed by atoms with Gasteiger partial charge in [-0.25, -0.2) is 4.79 Å². The van der Waals surface area contributed by atoms with E-state index in [1.54, 1.807) is 13.2 Å². The second-order valence-corrected chi connectivity index (χ2v) is 6.86. The molecule has 1 N–H and O–H groups in total. The van der Waals surface area contributed by atoms with Crippen molar-refractivity contribution < 1.29 is 14.3 Å². The lowest BCUT2D eigenvalue weighted by Crippen LogP contribution is -2.43. The van der Waals surface area contributed by atoms with Crippen LogP contribution in [0.2, 0.25) is 0 Å². The zero-order chi connectivity index (χ0) is 18.7. The van der Waals surface area contributed by atoms with Crippen LogP contribution in [0, 0.1) is 0 Å².